The summed E-state index contributed by atoms with van der Waals surface area (Å²) in [7, 11) is 1.98. The summed E-state index contributed by atoms with van der Waals surface area (Å²) in [5.74, 6) is 1.40. The molecule has 1 aliphatic carbocycles. The molecule has 2 heterocycles. The van der Waals surface area contributed by atoms with Crippen LogP contribution in [0, 0.1) is 11.7 Å². The Morgan fingerprint density at radius 2 is 1.82 bits per heavy atom. The molecule has 5 rings (SSSR count). The van der Waals surface area contributed by atoms with Crippen LogP contribution in [0.25, 0.3) is 11.4 Å². The number of nitrogens with zero attached hydrogens (tertiary/aromatic N) is 4. The minimum atomic E-state index is -4.52. The third-order valence-electron chi connectivity index (χ3n) is 7.17. The highest BCUT2D eigenvalue weighted by molar-refractivity contribution is 5.85. The van der Waals surface area contributed by atoms with Crippen LogP contribution in [0.1, 0.15) is 36.2 Å². The van der Waals surface area contributed by atoms with E-state index < -0.39 is 17.6 Å². The lowest BCUT2D eigenvalue weighted by Crippen LogP contribution is -2.28. The lowest BCUT2D eigenvalue weighted by molar-refractivity contribution is -0.137. The molecular formula is C25H27ClF4N4. The third-order valence-corrected chi connectivity index (χ3v) is 7.17. The first-order chi connectivity index (χ1) is 15.8. The van der Waals surface area contributed by atoms with E-state index in [-0.39, 0.29) is 17.8 Å². The van der Waals surface area contributed by atoms with Crippen LogP contribution in [0.2, 0.25) is 0 Å². The molecule has 3 aromatic rings. The second-order valence-corrected chi connectivity index (χ2v) is 9.31. The normalized spacial score (nSPS) is 21.9. The van der Waals surface area contributed by atoms with E-state index in [1.54, 1.807) is 0 Å². The Kier molecular flexibility index (Phi) is 6.75. The number of fused-ring (bicyclic) bond motifs is 1. The van der Waals surface area contributed by atoms with Gasteiger partial charge in [-0.05, 0) is 49.4 Å². The summed E-state index contributed by atoms with van der Waals surface area (Å²) >= 11 is 0. The topological polar surface area (TPSA) is 34.0 Å². The second kappa shape index (κ2) is 9.30. The molecule has 1 saturated heterocycles. The Bertz CT molecular complexity index is 1150. The van der Waals surface area contributed by atoms with Gasteiger partial charge >= 0.3 is 6.18 Å². The maximum Gasteiger partial charge on any atom is 0.416 e. The Morgan fingerprint density at radius 1 is 1.06 bits per heavy atom. The number of likely N-dealkylation sites (tertiary alicyclic amines) is 1. The molecule has 1 aliphatic heterocycles. The molecule has 34 heavy (non-hydrogen) atoms. The summed E-state index contributed by atoms with van der Waals surface area (Å²) in [6, 6.07) is 13.0. The summed E-state index contributed by atoms with van der Waals surface area (Å²) in [5, 5.41) is 8.67. The van der Waals surface area contributed by atoms with Crippen molar-refractivity contribution < 1.29 is 17.6 Å². The van der Waals surface area contributed by atoms with Gasteiger partial charge in [0.15, 0.2) is 5.82 Å². The van der Waals surface area contributed by atoms with Gasteiger partial charge in [-0.2, -0.15) is 13.2 Å². The van der Waals surface area contributed by atoms with Crippen molar-refractivity contribution in [2.45, 2.75) is 37.3 Å². The van der Waals surface area contributed by atoms with E-state index in [1.165, 1.54) is 6.07 Å². The highest BCUT2D eigenvalue weighted by Gasteiger charge is 2.61. The molecule has 0 amide bonds. The number of benzene rings is 2. The lowest BCUT2D eigenvalue weighted by Gasteiger charge is -2.21. The number of halogens is 5. The summed E-state index contributed by atoms with van der Waals surface area (Å²) in [6.07, 6.45) is -0.902. The van der Waals surface area contributed by atoms with Crippen molar-refractivity contribution in [2.75, 3.05) is 19.6 Å². The molecule has 2 atom stereocenters. The summed E-state index contributed by atoms with van der Waals surface area (Å²) in [5.41, 5.74) is 0.236. The molecule has 0 unspecified atom stereocenters. The van der Waals surface area contributed by atoms with E-state index in [9.17, 15) is 17.6 Å². The molecule has 2 aromatic carbocycles. The van der Waals surface area contributed by atoms with Gasteiger partial charge in [-0.15, -0.1) is 22.6 Å². The highest BCUT2D eigenvalue weighted by atomic mass is 35.5. The van der Waals surface area contributed by atoms with Gasteiger partial charge in [-0.25, -0.2) is 4.39 Å². The van der Waals surface area contributed by atoms with E-state index in [2.05, 4.69) is 15.1 Å². The smallest absolute Gasteiger partial charge is 0.314 e. The standard InChI is InChI=1S/C25H26F4N4.ClH/c1-32-22(30-31-23(32)17-7-3-2-4-8-17)9-5-6-12-33-15-19-14-24(19,16-33)20-11-10-18(13-21(20)26)25(27,28)29;/h2-4,7-8,10-11,13,19H,5-6,9,12,14-16H2,1H3;1H/t19-,24-;/m0./s1. The van der Waals surface area contributed by atoms with Gasteiger partial charge in [-0.1, -0.05) is 36.4 Å². The van der Waals surface area contributed by atoms with E-state index in [1.807, 2.05) is 41.9 Å². The first kappa shape index (κ1) is 24.7. The average molecular weight is 495 g/mol. The predicted octanol–water partition coefficient (Wildman–Crippen LogP) is 5.66. The monoisotopic (exact) mass is 494 g/mol. The lowest BCUT2D eigenvalue weighted by atomic mass is 9.93. The van der Waals surface area contributed by atoms with Gasteiger partial charge in [0.05, 0.1) is 5.56 Å². The van der Waals surface area contributed by atoms with Gasteiger partial charge in [0.2, 0.25) is 0 Å². The first-order valence-electron chi connectivity index (χ1n) is 11.3. The van der Waals surface area contributed by atoms with Crippen LogP contribution in [0.5, 0.6) is 0 Å². The van der Waals surface area contributed by atoms with Crippen LogP contribution < -0.4 is 0 Å². The fourth-order valence-corrected chi connectivity index (χ4v) is 5.31. The van der Waals surface area contributed by atoms with Crippen LogP contribution in [-0.2, 0) is 25.1 Å². The zero-order chi connectivity index (χ0) is 23.2. The molecule has 1 saturated carbocycles. The van der Waals surface area contributed by atoms with Gasteiger partial charge in [0.25, 0.3) is 0 Å². The molecule has 1 aromatic heterocycles. The van der Waals surface area contributed by atoms with Crippen molar-refractivity contribution in [1.29, 1.82) is 0 Å². The van der Waals surface area contributed by atoms with Crippen molar-refractivity contribution >= 4 is 12.4 Å². The Balaban J connectivity index is 0.00000274. The molecule has 4 nitrogen and oxygen atoms in total. The Hall–Kier alpha value is -2.45. The minimum Gasteiger partial charge on any atom is -0.314 e. The number of piperidine rings is 1. The fourth-order valence-electron chi connectivity index (χ4n) is 5.31. The molecule has 0 radical (unpaired) electrons. The Morgan fingerprint density at radius 3 is 2.53 bits per heavy atom. The first-order valence-corrected chi connectivity index (χ1v) is 11.3. The predicted molar refractivity (Wildman–Crippen MR) is 124 cm³/mol. The molecule has 0 bridgehead atoms. The summed E-state index contributed by atoms with van der Waals surface area (Å²) < 4.78 is 55.2. The largest absolute Gasteiger partial charge is 0.416 e. The van der Waals surface area contributed by atoms with Crippen molar-refractivity contribution in [3.05, 3.63) is 71.3 Å². The van der Waals surface area contributed by atoms with Crippen LogP contribution in [-0.4, -0.2) is 39.3 Å². The van der Waals surface area contributed by atoms with Gasteiger partial charge in [0.1, 0.15) is 11.6 Å². The van der Waals surface area contributed by atoms with E-state index in [4.69, 9.17) is 0 Å². The Labute approximate surface area is 202 Å². The van der Waals surface area contributed by atoms with Gasteiger partial charge in [-0.3, -0.25) is 0 Å². The molecule has 2 fully saturated rings. The summed E-state index contributed by atoms with van der Waals surface area (Å²) in [6.45, 7) is 2.48. The number of alkyl halides is 3. The van der Waals surface area contributed by atoms with Crippen molar-refractivity contribution in [1.82, 2.24) is 19.7 Å². The van der Waals surface area contributed by atoms with E-state index >= 15 is 0 Å². The number of aryl methyl sites for hydroxylation is 1. The van der Waals surface area contributed by atoms with Gasteiger partial charge in [0, 0.05) is 37.5 Å². The van der Waals surface area contributed by atoms with Gasteiger partial charge < -0.3 is 9.47 Å². The SMILES string of the molecule is Cl.Cn1c(CCCCN2C[C@@H]3C[C@]3(c3ccc(C(F)(F)F)cc3F)C2)nnc1-c1ccccc1. The van der Waals surface area contributed by atoms with Crippen LogP contribution >= 0.6 is 12.4 Å². The second-order valence-electron chi connectivity index (χ2n) is 9.31. The van der Waals surface area contributed by atoms with Crippen LogP contribution in [0.3, 0.4) is 0 Å². The van der Waals surface area contributed by atoms with E-state index in [0.29, 0.717) is 24.1 Å². The fraction of sp³-hybridized carbons (Fsp3) is 0.440. The van der Waals surface area contributed by atoms with Crippen molar-refractivity contribution in [3.8, 4) is 11.4 Å². The molecule has 0 spiro atoms. The number of rotatable bonds is 7. The van der Waals surface area contributed by atoms with Crippen molar-refractivity contribution in [3.63, 3.8) is 0 Å². The van der Waals surface area contributed by atoms with Crippen LogP contribution in [0.15, 0.2) is 48.5 Å². The number of hydrogen-bond donors (Lipinski definition) is 0. The molecule has 182 valence electrons. The number of unbranched alkanes of at least 4 members (excludes halogenated alkanes) is 1. The quantitative estimate of drug-likeness (QED) is 0.314. The molecule has 9 heteroatoms. The number of aromatic nitrogens is 3. The molecule has 2 aliphatic rings. The minimum absolute atomic E-state index is 0. The summed E-state index contributed by atoms with van der Waals surface area (Å²) in [4.78, 5) is 2.32. The van der Waals surface area contributed by atoms with Crippen molar-refractivity contribution in [2.24, 2.45) is 13.0 Å². The molecular weight excluding hydrogens is 468 g/mol. The average Bonchev–Trinajstić information content (AvgIpc) is 3.15. The molecule has 0 N–H and O–H groups in total. The zero-order valence-corrected chi connectivity index (χ0v) is 19.7. The maximum atomic E-state index is 14.6. The zero-order valence-electron chi connectivity index (χ0n) is 18.9. The third kappa shape index (κ3) is 4.58. The van der Waals surface area contributed by atoms with Crippen LogP contribution in [0.4, 0.5) is 17.6 Å². The van der Waals surface area contributed by atoms with E-state index in [0.717, 1.165) is 62.1 Å². The maximum absolute atomic E-state index is 14.6. The number of hydrogen-bond acceptors (Lipinski definition) is 3. The highest BCUT2D eigenvalue weighted by Crippen LogP contribution is 2.59.